The first-order valence-electron chi connectivity index (χ1n) is 6.24. The van der Waals surface area contributed by atoms with E-state index in [0.717, 1.165) is 13.1 Å². The Kier molecular flexibility index (Phi) is 6.46. The lowest BCUT2D eigenvalue weighted by molar-refractivity contribution is 0.146. The van der Waals surface area contributed by atoms with Gasteiger partial charge in [-0.2, -0.15) is 0 Å². The van der Waals surface area contributed by atoms with Gasteiger partial charge in [-0.1, -0.05) is 27.7 Å². The average Bonchev–Trinajstić information content (AvgIpc) is 2.18. The zero-order valence-electron chi connectivity index (χ0n) is 11.5. The Morgan fingerprint density at radius 1 is 0.800 bits per heavy atom. The lowest BCUT2D eigenvalue weighted by Crippen LogP contribution is -2.39. The molecule has 0 radical (unpaired) electrons. The third-order valence-electron chi connectivity index (χ3n) is 3.77. The van der Waals surface area contributed by atoms with Gasteiger partial charge in [-0.25, -0.2) is 0 Å². The molecule has 0 aliphatic heterocycles. The summed E-state index contributed by atoms with van der Waals surface area (Å²) >= 11 is 0. The first-order chi connectivity index (χ1) is 6.95. The summed E-state index contributed by atoms with van der Waals surface area (Å²) in [5.41, 5.74) is 0.854. The normalized spacial score (nSPS) is 19.6. The minimum absolute atomic E-state index is 0.427. The minimum Gasteiger partial charge on any atom is -0.319 e. The molecule has 0 saturated carbocycles. The molecule has 0 aromatic rings. The second-order valence-corrected chi connectivity index (χ2v) is 5.57. The highest BCUT2D eigenvalue weighted by molar-refractivity contribution is 4.85. The van der Waals surface area contributed by atoms with Crippen molar-refractivity contribution in [1.29, 1.82) is 0 Å². The summed E-state index contributed by atoms with van der Waals surface area (Å²) < 4.78 is 0. The molecule has 0 amide bonds. The van der Waals surface area contributed by atoms with Crippen LogP contribution in [0, 0.1) is 10.8 Å². The SMILES string of the molecule is CCC(C)(CNC)CC(C)(CC)CNC. The summed E-state index contributed by atoms with van der Waals surface area (Å²) in [6.07, 6.45) is 3.77. The predicted octanol–water partition coefficient (Wildman–Crippen LogP) is 2.65. The summed E-state index contributed by atoms with van der Waals surface area (Å²) in [6, 6.07) is 0. The van der Waals surface area contributed by atoms with Gasteiger partial charge in [0.05, 0.1) is 0 Å². The van der Waals surface area contributed by atoms with E-state index in [2.05, 4.69) is 52.4 Å². The molecule has 2 atom stereocenters. The van der Waals surface area contributed by atoms with Crippen LogP contribution in [0.4, 0.5) is 0 Å². The van der Waals surface area contributed by atoms with Crippen LogP contribution in [-0.2, 0) is 0 Å². The second kappa shape index (κ2) is 6.49. The second-order valence-electron chi connectivity index (χ2n) is 5.57. The number of nitrogens with one attached hydrogen (secondary N) is 2. The topological polar surface area (TPSA) is 24.1 Å². The number of hydrogen-bond acceptors (Lipinski definition) is 2. The van der Waals surface area contributed by atoms with Crippen LogP contribution in [0.1, 0.15) is 47.0 Å². The van der Waals surface area contributed by atoms with Crippen LogP contribution in [0.2, 0.25) is 0 Å². The van der Waals surface area contributed by atoms with Gasteiger partial charge in [-0.3, -0.25) is 0 Å². The molecule has 0 saturated heterocycles. The molecule has 92 valence electrons. The van der Waals surface area contributed by atoms with Crippen molar-refractivity contribution in [2.24, 2.45) is 10.8 Å². The van der Waals surface area contributed by atoms with E-state index in [9.17, 15) is 0 Å². The van der Waals surface area contributed by atoms with E-state index in [1.165, 1.54) is 19.3 Å². The molecule has 2 unspecified atom stereocenters. The van der Waals surface area contributed by atoms with Crippen molar-refractivity contribution >= 4 is 0 Å². The molecule has 0 rings (SSSR count). The quantitative estimate of drug-likeness (QED) is 0.649. The van der Waals surface area contributed by atoms with Crippen molar-refractivity contribution in [3.8, 4) is 0 Å². The van der Waals surface area contributed by atoms with Gasteiger partial charge >= 0.3 is 0 Å². The van der Waals surface area contributed by atoms with E-state index >= 15 is 0 Å². The molecule has 0 fully saturated rings. The van der Waals surface area contributed by atoms with Gasteiger partial charge in [0.1, 0.15) is 0 Å². The van der Waals surface area contributed by atoms with Crippen molar-refractivity contribution < 1.29 is 0 Å². The predicted molar refractivity (Wildman–Crippen MR) is 69.3 cm³/mol. The summed E-state index contributed by atoms with van der Waals surface area (Å²) in [5, 5.41) is 6.66. The Morgan fingerprint density at radius 2 is 1.13 bits per heavy atom. The third kappa shape index (κ3) is 4.98. The van der Waals surface area contributed by atoms with Crippen molar-refractivity contribution in [2.75, 3.05) is 27.2 Å². The fraction of sp³-hybridized carbons (Fsp3) is 1.00. The highest BCUT2D eigenvalue weighted by Crippen LogP contribution is 2.37. The maximum atomic E-state index is 3.33. The molecular formula is C13H30N2. The van der Waals surface area contributed by atoms with Crippen LogP contribution >= 0.6 is 0 Å². The first kappa shape index (κ1) is 14.9. The summed E-state index contributed by atoms with van der Waals surface area (Å²) in [4.78, 5) is 0. The Hall–Kier alpha value is -0.0800. The Balaban J connectivity index is 4.47. The zero-order valence-corrected chi connectivity index (χ0v) is 11.5. The summed E-state index contributed by atoms with van der Waals surface area (Å²) in [5.74, 6) is 0. The number of hydrogen-bond donors (Lipinski definition) is 2. The maximum Gasteiger partial charge on any atom is 0.000227 e. The zero-order chi connectivity index (χ0) is 11.9. The molecule has 0 bridgehead atoms. The monoisotopic (exact) mass is 214 g/mol. The summed E-state index contributed by atoms with van der Waals surface area (Å²) in [6.45, 7) is 11.6. The van der Waals surface area contributed by atoms with E-state index in [4.69, 9.17) is 0 Å². The highest BCUT2D eigenvalue weighted by atomic mass is 14.8. The van der Waals surface area contributed by atoms with Gasteiger partial charge in [-0.05, 0) is 44.2 Å². The molecule has 2 N–H and O–H groups in total. The minimum atomic E-state index is 0.427. The van der Waals surface area contributed by atoms with E-state index in [1.807, 2.05) is 0 Å². The largest absolute Gasteiger partial charge is 0.319 e. The van der Waals surface area contributed by atoms with Crippen molar-refractivity contribution in [3.05, 3.63) is 0 Å². The molecule has 0 aliphatic carbocycles. The van der Waals surface area contributed by atoms with Gasteiger partial charge < -0.3 is 10.6 Å². The number of rotatable bonds is 8. The molecule has 0 heterocycles. The van der Waals surface area contributed by atoms with Gasteiger partial charge in [-0.15, -0.1) is 0 Å². The third-order valence-corrected chi connectivity index (χ3v) is 3.77. The average molecular weight is 214 g/mol. The summed E-state index contributed by atoms with van der Waals surface area (Å²) in [7, 11) is 4.10. The van der Waals surface area contributed by atoms with Crippen molar-refractivity contribution in [1.82, 2.24) is 10.6 Å². The highest BCUT2D eigenvalue weighted by Gasteiger charge is 2.32. The van der Waals surface area contributed by atoms with Crippen LogP contribution in [0.3, 0.4) is 0 Å². The fourth-order valence-electron chi connectivity index (χ4n) is 2.51. The Bertz CT molecular complexity index is 152. The first-order valence-corrected chi connectivity index (χ1v) is 6.24. The molecule has 2 nitrogen and oxygen atoms in total. The molecule has 2 heteroatoms. The Labute approximate surface area is 96.2 Å². The van der Waals surface area contributed by atoms with E-state index in [0.29, 0.717) is 10.8 Å². The molecule has 0 aromatic heterocycles. The Morgan fingerprint density at radius 3 is 1.33 bits per heavy atom. The van der Waals surface area contributed by atoms with Gasteiger partial charge in [0.15, 0.2) is 0 Å². The molecule has 15 heavy (non-hydrogen) atoms. The molecular weight excluding hydrogens is 184 g/mol. The van der Waals surface area contributed by atoms with Gasteiger partial charge in [0.2, 0.25) is 0 Å². The van der Waals surface area contributed by atoms with Crippen LogP contribution in [0.25, 0.3) is 0 Å². The molecule has 0 aromatic carbocycles. The van der Waals surface area contributed by atoms with E-state index in [1.54, 1.807) is 0 Å². The molecule has 0 aliphatic rings. The maximum absolute atomic E-state index is 3.33. The fourth-order valence-corrected chi connectivity index (χ4v) is 2.51. The van der Waals surface area contributed by atoms with Crippen molar-refractivity contribution in [3.63, 3.8) is 0 Å². The van der Waals surface area contributed by atoms with E-state index in [-0.39, 0.29) is 0 Å². The van der Waals surface area contributed by atoms with E-state index < -0.39 is 0 Å². The van der Waals surface area contributed by atoms with Crippen molar-refractivity contribution in [2.45, 2.75) is 47.0 Å². The van der Waals surface area contributed by atoms with Crippen LogP contribution in [0.15, 0.2) is 0 Å². The standard InChI is InChI=1S/C13H30N2/c1-7-12(3,10-14-5)9-13(4,8-2)11-15-6/h14-15H,7-11H2,1-6H3. The van der Waals surface area contributed by atoms with Crippen LogP contribution < -0.4 is 10.6 Å². The van der Waals surface area contributed by atoms with Crippen LogP contribution in [0.5, 0.6) is 0 Å². The van der Waals surface area contributed by atoms with Gasteiger partial charge in [0.25, 0.3) is 0 Å². The lowest BCUT2D eigenvalue weighted by Gasteiger charge is -2.39. The molecule has 0 spiro atoms. The smallest absolute Gasteiger partial charge is 0.000227 e. The van der Waals surface area contributed by atoms with Gasteiger partial charge in [0, 0.05) is 13.1 Å². The van der Waals surface area contributed by atoms with Crippen LogP contribution in [-0.4, -0.2) is 27.2 Å². The lowest BCUT2D eigenvalue weighted by atomic mass is 9.70.